The molecule has 1 aromatic heterocycles. The minimum absolute atomic E-state index is 0.0478. The van der Waals surface area contributed by atoms with Crippen LogP contribution in [0, 0.1) is 0 Å². The van der Waals surface area contributed by atoms with Crippen LogP contribution in [-0.4, -0.2) is 12.8 Å². The Bertz CT molecular complexity index is 682. The normalized spacial score (nSPS) is 16.3. The lowest BCUT2D eigenvalue weighted by atomic mass is 10.1. The standard InChI is InChI=1S/C16H15BrF3NOS/c17-14-6-5-13(23-14)15(7-8-15)21-9-11-3-1-2-4-12(11)22-10-16(18,19)20/h1-6,21H,7-10H2. The molecule has 0 amide bonds. The van der Waals surface area contributed by atoms with Crippen LogP contribution in [0.4, 0.5) is 13.2 Å². The van der Waals surface area contributed by atoms with Crippen molar-refractivity contribution in [3.63, 3.8) is 0 Å². The Morgan fingerprint density at radius 3 is 2.52 bits per heavy atom. The van der Waals surface area contributed by atoms with Gasteiger partial charge < -0.3 is 10.1 Å². The quantitative estimate of drug-likeness (QED) is 0.710. The van der Waals surface area contributed by atoms with E-state index in [4.69, 9.17) is 4.74 Å². The molecule has 1 fully saturated rings. The Kier molecular flexibility index (Phi) is 4.71. The lowest BCUT2D eigenvalue weighted by Crippen LogP contribution is -2.28. The average Bonchev–Trinajstić information content (AvgIpc) is 3.17. The Balaban J connectivity index is 1.67. The maximum Gasteiger partial charge on any atom is 0.422 e. The van der Waals surface area contributed by atoms with Gasteiger partial charge in [-0.05, 0) is 47.0 Å². The fourth-order valence-corrected chi connectivity index (χ4v) is 4.03. The van der Waals surface area contributed by atoms with Gasteiger partial charge in [0.25, 0.3) is 0 Å². The number of hydrogen-bond donors (Lipinski definition) is 1. The van der Waals surface area contributed by atoms with Gasteiger partial charge in [-0.1, -0.05) is 18.2 Å². The number of alkyl halides is 3. The van der Waals surface area contributed by atoms with E-state index in [2.05, 4.69) is 27.3 Å². The van der Waals surface area contributed by atoms with Gasteiger partial charge >= 0.3 is 6.18 Å². The van der Waals surface area contributed by atoms with Gasteiger partial charge in [-0.15, -0.1) is 11.3 Å². The predicted molar refractivity (Wildman–Crippen MR) is 87.8 cm³/mol. The Morgan fingerprint density at radius 2 is 1.91 bits per heavy atom. The van der Waals surface area contributed by atoms with Crippen LogP contribution < -0.4 is 10.1 Å². The maximum atomic E-state index is 12.3. The van der Waals surface area contributed by atoms with E-state index in [0.29, 0.717) is 6.54 Å². The van der Waals surface area contributed by atoms with Crippen LogP contribution in [0.3, 0.4) is 0 Å². The van der Waals surface area contributed by atoms with E-state index in [1.807, 2.05) is 6.07 Å². The van der Waals surface area contributed by atoms with Crippen molar-refractivity contribution in [2.75, 3.05) is 6.61 Å². The first-order valence-corrected chi connectivity index (χ1v) is 8.77. The third kappa shape index (κ3) is 4.28. The highest BCUT2D eigenvalue weighted by Gasteiger charge is 2.45. The zero-order valence-electron chi connectivity index (χ0n) is 12.1. The van der Waals surface area contributed by atoms with Crippen molar-refractivity contribution in [3.05, 3.63) is 50.6 Å². The number of halogens is 4. The van der Waals surface area contributed by atoms with Gasteiger partial charge in [0.2, 0.25) is 0 Å². The lowest BCUT2D eigenvalue weighted by Gasteiger charge is -2.18. The van der Waals surface area contributed by atoms with Crippen molar-refractivity contribution in [2.45, 2.75) is 31.1 Å². The SMILES string of the molecule is FC(F)(F)COc1ccccc1CNC1(c2ccc(Br)s2)CC1. The third-order valence-electron chi connectivity index (χ3n) is 3.78. The topological polar surface area (TPSA) is 21.3 Å². The predicted octanol–water partition coefficient (Wildman–Crippen LogP) is 5.23. The summed E-state index contributed by atoms with van der Waals surface area (Å²) in [4.78, 5) is 1.25. The number of hydrogen-bond acceptors (Lipinski definition) is 3. The summed E-state index contributed by atoms with van der Waals surface area (Å²) < 4.78 is 43.0. The second-order valence-corrected chi connectivity index (χ2v) is 8.01. The number of ether oxygens (including phenoxy) is 1. The summed E-state index contributed by atoms with van der Waals surface area (Å²) in [5.74, 6) is 0.278. The molecule has 0 spiro atoms. The van der Waals surface area contributed by atoms with Crippen LogP contribution in [0.5, 0.6) is 5.75 Å². The summed E-state index contributed by atoms with van der Waals surface area (Å²) in [5, 5.41) is 3.48. The summed E-state index contributed by atoms with van der Waals surface area (Å²) in [6, 6.07) is 10.9. The van der Waals surface area contributed by atoms with Crippen molar-refractivity contribution in [1.29, 1.82) is 0 Å². The molecule has 0 saturated heterocycles. The van der Waals surface area contributed by atoms with Gasteiger partial charge in [-0.3, -0.25) is 0 Å². The molecule has 2 nitrogen and oxygen atoms in total. The van der Waals surface area contributed by atoms with E-state index in [1.165, 1.54) is 4.88 Å². The van der Waals surface area contributed by atoms with E-state index in [-0.39, 0.29) is 11.3 Å². The fraction of sp³-hybridized carbons (Fsp3) is 0.375. The highest BCUT2D eigenvalue weighted by molar-refractivity contribution is 9.11. The minimum Gasteiger partial charge on any atom is -0.484 e. The molecule has 1 heterocycles. The first-order chi connectivity index (χ1) is 10.9. The number of benzene rings is 1. The molecule has 124 valence electrons. The highest BCUT2D eigenvalue weighted by Crippen LogP contribution is 2.49. The van der Waals surface area contributed by atoms with Gasteiger partial charge in [0.05, 0.1) is 9.33 Å². The highest BCUT2D eigenvalue weighted by atomic mass is 79.9. The first kappa shape index (κ1) is 16.8. The fourth-order valence-electron chi connectivity index (χ4n) is 2.42. The molecular weight excluding hydrogens is 391 g/mol. The zero-order chi connectivity index (χ0) is 16.5. The van der Waals surface area contributed by atoms with Crippen LogP contribution in [-0.2, 0) is 12.1 Å². The van der Waals surface area contributed by atoms with Crippen molar-refractivity contribution in [2.24, 2.45) is 0 Å². The summed E-state index contributed by atoms with van der Waals surface area (Å²) >= 11 is 5.15. The molecule has 1 aliphatic carbocycles. The van der Waals surface area contributed by atoms with Gasteiger partial charge in [0.1, 0.15) is 5.75 Å². The van der Waals surface area contributed by atoms with Gasteiger partial charge in [-0.2, -0.15) is 13.2 Å². The number of nitrogens with one attached hydrogen (secondary N) is 1. The van der Waals surface area contributed by atoms with Gasteiger partial charge in [0.15, 0.2) is 6.61 Å². The van der Waals surface area contributed by atoms with Crippen molar-refractivity contribution >= 4 is 27.3 Å². The van der Waals surface area contributed by atoms with Crippen molar-refractivity contribution in [3.8, 4) is 5.75 Å². The molecule has 23 heavy (non-hydrogen) atoms. The van der Waals surface area contributed by atoms with Crippen molar-refractivity contribution < 1.29 is 17.9 Å². The Hall–Kier alpha value is -1.05. The largest absolute Gasteiger partial charge is 0.484 e. The molecule has 2 aromatic rings. The van der Waals surface area contributed by atoms with Crippen LogP contribution in [0.25, 0.3) is 0 Å². The monoisotopic (exact) mass is 405 g/mol. The summed E-state index contributed by atoms with van der Waals surface area (Å²) in [5.41, 5.74) is 0.687. The molecule has 1 N–H and O–H groups in total. The maximum absolute atomic E-state index is 12.3. The third-order valence-corrected chi connectivity index (χ3v) is 5.60. The summed E-state index contributed by atoms with van der Waals surface area (Å²) in [6.45, 7) is -0.795. The molecule has 7 heteroatoms. The smallest absolute Gasteiger partial charge is 0.422 e. The molecule has 0 aliphatic heterocycles. The summed E-state index contributed by atoms with van der Waals surface area (Å²) in [7, 11) is 0. The minimum atomic E-state index is -4.33. The number of rotatable bonds is 6. The molecule has 1 aromatic carbocycles. The van der Waals surface area contributed by atoms with Crippen molar-refractivity contribution in [1.82, 2.24) is 5.32 Å². The van der Waals surface area contributed by atoms with E-state index in [1.54, 1.807) is 35.6 Å². The van der Waals surface area contributed by atoms with Crippen LogP contribution in [0.2, 0.25) is 0 Å². The van der Waals surface area contributed by atoms with E-state index >= 15 is 0 Å². The molecule has 0 bridgehead atoms. The molecule has 1 saturated carbocycles. The van der Waals surface area contributed by atoms with Crippen LogP contribution >= 0.6 is 27.3 Å². The average molecular weight is 406 g/mol. The van der Waals surface area contributed by atoms with Crippen LogP contribution in [0.15, 0.2) is 40.2 Å². The Labute approximate surface area is 144 Å². The number of thiophene rings is 1. The Morgan fingerprint density at radius 1 is 1.17 bits per heavy atom. The zero-order valence-corrected chi connectivity index (χ0v) is 14.5. The molecule has 0 radical (unpaired) electrons. The molecule has 3 rings (SSSR count). The second-order valence-electron chi connectivity index (χ2n) is 5.55. The molecule has 1 aliphatic rings. The molecular formula is C16H15BrF3NOS. The molecule has 0 atom stereocenters. The van der Waals surface area contributed by atoms with E-state index < -0.39 is 12.8 Å². The van der Waals surface area contributed by atoms with Gasteiger partial charge in [-0.25, -0.2) is 0 Å². The number of para-hydroxylation sites is 1. The first-order valence-electron chi connectivity index (χ1n) is 7.16. The van der Waals surface area contributed by atoms with E-state index in [0.717, 1.165) is 22.2 Å². The second kappa shape index (κ2) is 6.45. The molecule has 0 unspecified atom stereocenters. The van der Waals surface area contributed by atoms with Crippen LogP contribution in [0.1, 0.15) is 23.3 Å². The van der Waals surface area contributed by atoms with E-state index in [9.17, 15) is 13.2 Å². The van der Waals surface area contributed by atoms with Gasteiger partial charge in [0, 0.05) is 17.0 Å². The lowest BCUT2D eigenvalue weighted by molar-refractivity contribution is -0.153. The summed E-state index contributed by atoms with van der Waals surface area (Å²) in [6.07, 6.45) is -2.27.